The first kappa shape index (κ1) is 13.9. The smallest absolute Gasteiger partial charge is 0.0730 e. The second-order valence-corrected chi connectivity index (χ2v) is 4.11. The summed E-state index contributed by atoms with van der Waals surface area (Å²) in [6.45, 7) is 12.8. The lowest BCUT2D eigenvalue weighted by molar-refractivity contribution is 0.0164. The monoisotopic (exact) mass is 201 g/mol. The van der Waals surface area contributed by atoms with E-state index in [9.17, 15) is 0 Å². The zero-order valence-corrected chi connectivity index (χ0v) is 10.5. The van der Waals surface area contributed by atoms with Gasteiger partial charge in [-0.1, -0.05) is 34.1 Å². The van der Waals surface area contributed by atoms with Crippen molar-refractivity contribution in [1.29, 1.82) is 0 Å². The second kappa shape index (κ2) is 8.25. The van der Waals surface area contributed by atoms with Gasteiger partial charge >= 0.3 is 0 Å². The number of hydrogen-bond acceptors (Lipinski definition) is 2. The van der Waals surface area contributed by atoms with Gasteiger partial charge < -0.3 is 10.1 Å². The van der Waals surface area contributed by atoms with Crippen molar-refractivity contribution in [3.63, 3.8) is 0 Å². The van der Waals surface area contributed by atoms with Crippen LogP contribution in [0.3, 0.4) is 0 Å². The normalized spacial score (nSPS) is 15.9. The molecule has 0 radical (unpaired) electrons. The lowest BCUT2D eigenvalue weighted by Gasteiger charge is -2.30. The number of nitrogens with one attached hydrogen (secondary N) is 1. The molecule has 0 amide bonds. The molecule has 0 aromatic heterocycles. The predicted molar refractivity (Wildman–Crippen MR) is 62.6 cm³/mol. The molecule has 2 atom stereocenters. The fraction of sp³-hybridized carbons (Fsp3) is 1.00. The molecule has 0 aliphatic rings. The van der Waals surface area contributed by atoms with Gasteiger partial charge in [-0.2, -0.15) is 0 Å². The van der Waals surface area contributed by atoms with Gasteiger partial charge in [-0.15, -0.1) is 0 Å². The van der Waals surface area contributed by atoms with Crippen LogP contribution in [0.5, 0.6) is 0 Å². The van der Waals surface area contributed by atoms with Crippen LogP contribution in [0.15, 0.2) is 0 Å². The Hall–Kier alpha value is -0.0800. The molecule has 86 valence electrons. The van der Waals surface area contributed by atoms with E-state index in [1.54, 1.807) is 0 Å². The molecular weight excluding hydrogens is 174 g/mol. The van der Waals surface area contributed by atoms with Gasteiger partial charge in [-0.05, 0) is 25.8 Å². The van der Waals surface area contributed by atoms with E-state index in [0.29, 0.717) is 18.1 Å². The fourth-order valence-electron chi connectivity index (χ4n) is 1.90. The van der Waals surface area contributed by atoms with Crippen molar-refractivity contribution in [2.24, 2.45) is 5.92 Å². The van der Waals surface area contributed by atoms with E-state index in [0.717, 1.165) is 19.6 Å². The molecule has 2 nitrogen and oxygen atoms in total. The van der Waals surface area contributed by atoms with Gasteiger partial charge in [0.25, 0.3) is 0 Å². The summed E-state index contributed by atoms with van der Waals surface area (Å²) in [6.07, 6.45) is 2.73. The Labute approximate surface area is 89.4 Å². The first-order valence-corrected chi connectivity index (χ1v) is 6.02. The topological polar surface area (TPSA) is 21.3 Å². The molecular formula is C12H27NO. The minimum Gasteiger partial charge on any atom is -0.377 e. The van der Waals surface area contributed by atoms with Gasteiger partial charge in [0.05, 0.1) is 6.10 Å². The number of hydrogen-bond donors (Lipinski definition) is 1. The molecule has 2 unspecified atom stereocenters. The molecule has 2 heteroatoms. The summed E-state index contributed by atoms with van der Waals surface area (Å²) in [5.74, 6) is 0.637. The van der Waals surface area contributed by atoms with E-state index in [4.69, 9.17) is 4.74 Å². The highest BCUT2D eigenvalue weighted by atomic mass is 16.5. The molecule has 0 saturated carbocycles. The summed E-state index contributed by atoms with van der Waals surface area (Å²) in [7, 11) is 0. The van der Waals surface area contributed by atoms with Crippen molar-refractivity contribution in [1.82, 2.24) is 5.32 Å². The summed E-state index contributed by atoms with van der Waals surface area (Å²) in [6, 6.07) is 0.500. The Balaban J connectivity index is 4.21. The highest BCUT2D eigenvalue weighted by Gasteiger charge is 2.22. The van der Waals surface area contributed by atoms with Crippen molar-refractivity contribution in [3.05, 3.63) is 0 Å². The minimum absolute atomic E-state index is 0.380. The van der Waals surface area contributed by atoms with Gasteiger partial charge in [0.15, 0.2) is 0 Å². The Bertz CT molecular complexity index is 119. The number of ether oxygens (including phenoxy) is 1. The van der Waals surface area contributed by atoms with Crippen LogP contribution < -0.4 is 5.32 Å². The Morgan fingerprint density at radius 2 is 1.79 bits per heavy atom. The van der Waals surface area contributed by atoms with Crippen molar-refractivity contribution in [2.45, 2.75) is 59.6 Å². The minimum atomic E-state index is 0.380. The van der Waals surface area contributed by atoms with Gasteiger partial charge in [0.1, 0.15) is 0 Å². The molecule has 0 spiro atoms. The van der Waals surface area contributed by atoms with Gasteiger partial charge in [0.2, 0.25) is 0 Å². The molecule has 0 fully saturated rings. The zero-order chi connectivity index (χ0) is 11.0. The molecule has 0 heterocycles. The third-order valence-electron chi connectivity index (χ3n) is 2.51. The molecule has 0 aromatic carbocycles. The van der Waals surface area contributed by atoms with Crippen LogP contribution in [0.2, 0.25) is 0 Å². The molecule has 0 aliphatic heterocycles. The Morgan fingerprint density at radius 3 is 2.14 bits per heavy atom. The third kappa shape index (κ3) is 4.97. The lowest BCUT2D eigenvalue weighted by atomic mass is 9.95. The van der Waals surface area contributed by atoms with E-state index in [-0.39, 0.29) is 0 Å². The SMILES string of the molecule is CCCC(OCC)C(NCC)C(C)C. The third-order valence-corrected chi connectivity index (χ3v) is 2.51. The lowest BCUT2D eigenvalue weighted by Crippen LogP contribution is -2.45. The summed E-state index contributed by atoms with van der Waals surface area (Å²) in [5, 5.41) is 3.53. The largest absolute Gasteiger partial charge is 0.377 e. The van der Waals surface area contributed by atoms with E-state index in [1.165, 1.54) is 6.42 Å². The fourth-order valence-corrected chi connectivity index (χ4v) is 1.90. The van der Waals surface area contributed by atoms with E-state index in [2.05, 4.69) is 39.9 Å². The number of likely N-dealkylation sites (N-methyl/N-ethyl adjacent to an activating group) is 1. The number of rotatable bonds is 8. The predicted octanol–water partition coefficient (Wildman–Crippen LogP) is 2.83. The zero-order valence-electron chi connectivity index (χ0n) is 10.5. The standard InChI is InChI=1S/C12H27NO/c1-6-9-11(14-8-3)12(10(4)5)13-7-2/h10-13H,6-9H2,1-5H3. The highest BCUT2D eigenvalue weighted by molar-refractivity contribution is 4.79. The summed E-state index contributed by atoms with van der Waals surface area (Å²) in [5.41, 5.74) is 0. The van der Waals surface area contributed by atoms with Crippen LogP contribution in [-0.4, -0.2) is 25.3 Å². The van der Waals surface area contributed by atoms with E-state index >= 15 is 0 Å². The van der Waals surface area contributed by atoms with E-state index in [1.807, 2.05) is 0 Å². The summed E-state index contributed by atoms with van der Waals surface area (Å²) < 4.78 is 5.80. The Kier molecular flexibility index (Phi) is 8.20. The van der Waals surface area contributed by atoms with Crippen LogP contribution in [0, 0.1) is 5.92 Å². The second-order valence-electron chi connectivity index (χ2n) is 4.11. The summed E-state index contributed by atoms with van der Waals surface area (Å²) in [4.78, 5) is 0. The van der Waals surface area contributed by atoms with Crippen LogP contribution in [0.25, 0.3) is 0 Å². The van der Waals surface area contributed by atoms with Crippen LogP contribution in [0.1, 0.15) is 47.5 Å². The molecule has 0 aliphatic carbocycles. The molecule has 0 saturated heterocycles. The van der Waals surface area contributed by atoms with Crippen molar-refractivity contribution >= 4 is 0 Å². The maximum atomic E-state index is 5.80. The first-order chi connectivity index (χ1) is 6.67. The van der Waals surface area contributed by atoms with Crippen molar-refractivity contribution in [3.8, 4) is 0 Å². The van der Waals surface area contributed by atoms with Gasteiger partial charge in [-0.25, -0.2) is 0 Å². The van der Waals surface area contributed by atoms with Gasteiger partial charge in [0, 0.05) is 12.6 Å². The molecule has 0 aromatic rings. The quantitative estimate of drug-likeness (QED) is 0.652. The van der Waals surface area contributed by atoms with E-state index < -0.39 is 0 Å². The summed E-state index contributed by atoms with van der Waals surface area (Å²) >= 11 is 0. The first-order valence-electron chi connectivity index (χ1n) is 6.02. The molecule has 1 N–H and O–H groups in total. The molecule has 0 rings (SSSR count). The maximum Gasteiger partial charge on any atom is 0.0730 e. The maximum absolute atomic E-state index is 5.80. The van der Waals surface area contributed by atoms with Crippen LogP contribution in [0.4, 0.5) is 0 Å². The van der Waals surface area contributed by atoms with Crippen LogP contribution in [-0.2, 0) is 4.74 Å². The average molecular weight is 201 g/mol. The average Bonchev–Trinajstić information content (AvgIpc) is 2.13. The molecule has 14 heavy (non-hydrogen) atoms. The van der Waals surface area contributed by atoms with Crippen molar-refractivity contribution in [2.75, 3.05) is 13.2 Å². The Morgan fingerprint density at radius 1 is 1.14 bits per heavy atom. The molecule has 0 bridgehead atoms. The van der Waals surface area contributed by atoms with Gasteiger partial charge in [-0.3, -0.25) is 0 Å². The highest BCUT2D eigenvalue weighted by Crippen LogP contribution is 2.14. The van der Waals surface area contributed by atoms with Crippen molar-refractivity contribution < 1.29 is 4.74 Å². The van der Waals surface area contributed by atoms with Crippen LogP contribution >= 0.6 is 0 Å².